The zero-order chi connectivity index (χ0) is 37.5. The summed E-state index contributed by atoms with van der Waals surface area (Å²) in [6.45, 7) is 9.94. The number of nitrogens with zero attached hydrogens (tertiary/aromatic N) is 6. The van der Waals surface area contributed by atoms with Gasteiger partial charge in [-0.05, 0) is 88.4 Å². The maximum absolute atomic E-state index is 14.9. The molecule has 0 aliphatic carbocycles. The molecule has 12 nitrogen and oxygen atoms in total. The Morgan fingerprint density at radius 3 is 2.15 bits per heavy atom. The van der Waals surface area contributed by atoms with Gasteiger partial charge in [-0.2, -0.15) is 0 Å². The fourth-order valence-electron chi connectivity index (χ4n) is 7.22. The van der Waals surface area contributed by atoms with Crippen LogP contribution < -0.4 is 19.4 Å². The molecule has 3 aliphatic heterocycles. The summed E-state index contributed by atoms with van der Waals surface area (Å²) in [6, 6.07) is 17.3. The minimum Gasteiger partial charge on any atom is -0.491 e. The van der Waals surface area contributed by atoms with Crippen LogP contribution >= 0.6 is 0 Å². The van der Waals surface area contributed by atoms with E-state index in [1.54, 1.807) is 56.2 Å². The lowest BCUT2D eigenvalue weighted by molar-refractivity contribution is -0.191. The molecular formula is C39H42F2N6O6. The Balaban J connectivity index is 0.927. The molecule has 4 heterocycles. The highest BCUT2D eigenvalue weighted by atomic mass is 19.1. The zero-order valence-corrected chi connectivity index (χ0v) is 30.1. The lowest BCUT2D eigenvalue weighted by Gasteiger charge is -2.37. The number of imidazole rings is 1. The number of urea groups is 1. The molecule has 3 aliphatic rings. The molecule has 0 saturated carbocycles. The predicted octanol–water partition coefficient (Wildman–Crippen LogP) is 5.36. The maximum Gasteiger partial charge on any atom is 0.332 e. The molecule has 3 aromatic carbocycles. The summed E-state index contributed by atoms with van der Waals surface area (Å²) in [7, 11) is 0. The van der Waals surface area contributed by atoms with Crippen molar-refractivity contribution in [2.45, 2.75) is 57.7 Å². The SMILES string of the molecule is CC(=O)C(C)N1C(=O)N(c2ccc(N3CCN(c4ccc(OC[C@@H]5CO[C@@](Cn6ccnc6)(c6ccc(F)cc6F)O5)cc4)CC3)cc2)C(=O)C1(C)C. The van der Waals surface area contributed by atoms with E-state index in [4.69, 9.17) is 14.2 Å². The lowest BCUT2D eigenvalue weighted by Crippen LogP contribution is -2.51. The normalized spacial score (nSPS) is 22.1. The van der Waals surface area contributed by atoms with E-state index in [0.29, 0.717) is 11.4 Å². The minimum atomic E-state index is -1.47. The predicted molar refractivity (Wildman–Crippen MR) is 193 cm³/mol. The van der Waals surface area contributed by atoms with Crippen LogP contribution in [0.2, 0.25) is 0 Å². The van der Waals surface area contributed by atoms with Gasteiger partial charge < -0.3 is 33.5 Å². The second-order valence-electron chi connectivity index (χ2n) is 14.1. The third kappa shape index (κ3) is 6.96. The first-order valence-electron chi connectivity index (χ1n) is 17.6. The van der Waals surface area contributed by atoms with Crippen LogP contribution in [-0.4, -0.2) is 89.3 Å². The number of piperazine rings is 1. The molecule has 7 rings (SSSR count). The Bertz CT molecular complexity index is 1970. The number of hydrogen-bond acceptors (Lipinski definition) is 9. The Morgan fingerprint density at radius 2 is 1.57 bits per heavy atom. The summed E-state index contributed by atoms with van der Waals surface area (Å²) < 4.78 is 48.7. The van der Waals surface area contributed by atoms with Crippen molar-refractivity contribution in [3.05, 3.63) is 103 Å². The van der Waals surface area contributed by atoms with E-state index < -0.39 is 41.1 Å². The first-order valence-corrected chi connectivity index (χ1v) is 17.6. The zero-order valence-electron chi connectivity index (χ0n) is 30.1. The Labute approximate surface area is 306 Å². The molecule has 53 heavy (non-hydrogen) atoms. The van der Waals surface area contributed by atoms with E-state index in [1.807, 2.05) is 36.4 Å². The number of carbonyl (C=O) groups excluding carboxylic acids is 3. The Morgan fingerprint density at radius 1 is 0.943 bits per heavy atom. The van der Waals surface area contributed by atoms with E-state index in [1.165, 1.54) is 24.0 Å². The molecule has 3 atom stereocenters. The molecule has 14 heteroatoms. The number of imide groups is 1. The number of aromatic nitrogens is 2. The maximum atomic E-state index is 14.9. The van der Waals surface area contributed by atoms with Crippen LogP contribution in [0.15, 0.2) is 85.5 Å². The van der Waals surface area contributed by atoms with Gasteiger partial charge in [-0.1, -0.05) is 0 Å². The van der Waals surface area contributed by atoms with Crippen LogP contribution in [-0.2, 0) is 31.4 Å². The van der Waals surface area contributed by atoms with Crippen LogP contribution in [0, 0.1) is 11.6 Å². The van der Waals surface area contributed by atoms with Gasteiger partial charge in [-0.3, -0.25) is 9.59 Å². The number of benzene rings is 3. The summed E-state index contributed by atoms with van der Waals surface area (Å²) in [5.74, 6) is -2.81. The summed E-state index contributed by atoms with van der Waals surface area (Å²) in [5.41, 5.74) is 1.47. The number of carbonyl (C=O) groups is 3. The van der Waals surface area contributed by atoms with E-state index in [0.717, 1.165) is 48.5 Å². The molecule has 0 bridgehead atoms. The number of amides is 3. The fourth-order valence-corrected chi connectivity index (χ4v) is 7.22. The molecule has 278 valence electrons. The quantitative estimate of drug-likeness (QED) is 0.189. The highest BCUT2D eigenvalue weighted by Crippen LogP contribution is 2.38. The number of hydrogen-bond donors (Lipinski definition) is 0. The highest BCUT2D eigenvalue weighted by molar-refractivity contribution is 6.23. The third-order valence-corrected chi connectivity index (χ3v) is 10.2. The van der Waals surface area contributed by atoms with Gasteiger partial charge >= 0.3 is 6.03 Å². The first kappa shape index (κ1) is 36.0. The lowest BCUT2D eigenvalue weighted by atomic mass is 10.0. The van der Waals surface area contributed by atoms with E-state index in [-0.39, 0.29) is 37.0 Å². The van der Waals surface area contributed by atoms with Crippen LogP contribution in [0.4, 0.5) is 30.6 Å². The van der Waals surface area contributed by atoms with Gasteiger partial charge in [-0.25, -0.2) is 23.5 Å². The van der Waals surface area contributed by atoms with Crippen molar-refractivity contribution >= 4 is 34.8 Å². The van der Waals surface area contributed by atoms with Crippen LogP contribution in [0.1, 0.15) is 33.3 Å². The van der Waals surface area contributed by atoms with Crippen molar-refractivity contribution in [3.8, 4) is 5.75 Å². The van der Waals surface area contributed by atoms with Crippen LogP contribution in [0.3, 0.4) is 0 Å². The van der Waals surface area contributed by atoms with E-state index in [9.17, 15) is 23.2 Å². The van der Waals surface area contributed by atoms with Crippen molar-refractivity contribution < 1.29 is 37.4 Å². The molecular weight excluding hydrogens is 686 g/mol. The number of Topliss-reactive ketones (excluding diaryl/α,β-unsaturated/α-hetero) is 1. The van der Waals surface area contributed by atoms with Crippen molar-refractivity contribution in [2.75, 3.05) is 54.1 Å². The average molecular weight is 729 g/mol. The van der Waals surface area contributed by atoms with Gasteiger partial charge in [0.05, 0.1) is 31.2 Å². The molecule has 4 aromatic rings. The summed E-state index contributed by atoms with van der Waals surface area (Å²) in [4.78, 5) is 49.8. The second-order valence-corrected chi connectivity index (χ2v) is 14.1. The molecule has 3 fully saturated rings. The van der Waals surface area contributed by atoms with Crippen LogP contribution in [0.5, 0.6) is 5.75 Å². The third-order valence-electron chi connectivity index (χ3n) is 10.2. The molecule has 1 unspecified atom stereocenters. The topological polar surface area (TPSA) is 110 Å². The first-order chi connectivity index (χ1) is 25.4. The standard InChI is InChI=1S/C39H42F2N6O6/c1-26(27(2)48)47-37(50)46(36(49)38(47,3)4)31-8-6-29(7-9-31)44-17-19-45(20-18-44)30-10-12-32(13-11-30)51-22-33-23-52-39(53-33,24-43-16-15-42-25-43)34-14-5-28(40)21-35(34)41/h5-16,21,25-26,33H,17-20,22-24H2,1-4H3/t26?,33-,39-/m1/s1. The van der Waals surface area contributed by atoms with Gasteiger partial charge in [0.15, 0.2) is 5.78 Å². The number of anilines is 3. The molecule has 0 N–H and O–H groups in total. The Kier molecular flexibility index (Phi) is 9.68. The van der Waals surface area contributed by atoms with Crippen molar-refractivity contribution in [3.63, 3.8) is 0 Å². The number of rotatable bonds is 11. The number of ketones is 1. The second kappa shape index (κ2) is 14.2. The van der Waals surface area contributed by atoms with Gasteiger partial charge in [0, 0.05) is 61.6 Å². The summed E-state index contributed by atoms with van der Waals surface area (Å²) in [5, 5.41) is 0. The van der Waals surface area contributed by atoms with Gasteiger partial charge in [0.25, 0.3) is 5.91 Å². The van der Waals surface area contributed by atoms with Gasteiger partial charge in [-0.15, -0.1) is 0 Å². The molecule has 0 radical (unpaired) electrons. The van der Waals surface area contributed by atoms with Gasteiger partial charge in [0.2, 0.25) is 5.79 Å². The van der Waals surface area contributed by atoms with Crippen molar-refractivity contribution in [1.82, 2.24) is 14.5 Å². The minimum absolute atomic E-state index is 0.101. The molecule has 3 saturated heterocycles. The number of ether oxygens (including phenoxy) is 3. The molecule has 1 aromatic heterocycles. The molecule has 3 amide bonds. The fraction of sp³-hybridized carbons (Fsp3) is 0.385. The van der Waals surface area contributed by atoms with Crippen molar-refractivity contribution in [2.24, 2.45) is 0 Å². The summed E-state index contributed by atoms with van der Waals surface area (Å²) >= 11 is 0. The van der Waals surface area contributed by atoms with Crippen molar-refractivity contribution in [1.29, 1.82) is 0 Å². The monoisotopic (exact) mass is 728 g/mol. The average Bonchev–Trinajstić information content (AvgIpc) is 3.85. The largest absolute Gasteiger partial charge is 0.491 e. The van der Waals surface area contributed by atoms with E-state index in [2.05, 4.69) is 14.8 Å². The van der Waals surface area contributed by atoms with Gasteiger partial charge in [0.1, 0.15) is 35.6 Å². The Hall–Kier alpha value is -5.34. The molecule has 0 spiro atoms. The highest BCUT2D eigenvalue weighted by Gasteiger charge is 2.54. The number of halogens is 2. The van der Waals surface area contributed by atoms with Crippen LogP contribution in [0.25, 0.3) is 0 Å². The van der Waals surface area contributed by atoms with E-state index >= 15 is 0 Å². The smallest absolute Gasteiger partial charge is 0.332 e. The summed E-state index contributed by atoms with van der Waals surface area (Å²) in [6.07, 6.45) is 4.40.